The van der Waals surface area contributed by atoms with Gasteiger partial charge in [-0.25, -0.2) is 0 Å². The van der Waals surface area contributed by atoms with E-state index in [0.29, 0.717) is 11.8 Å². The van der Waals surface area contributed by atoms with E-state index in [1.807, 2.05) is 23.0 Å². The predicted octanol–water partition coefficient (Wildman–Crippen LogP) is 3.42. The van der Waals surface area contributed by atoms with E-state index < -0.39 is 0 Å². The van der Waals surface area contributed by atoms with Crippen LogP contribution in [0.2, 0.25) is 5.02 Å². The Morgan fingerprint density at radius 1 is 1.25 bits per heavy atom. The lowest BCUT2D eigenvalue weighted by molar-refractivity contribution is 0.404. The van der Waals surface area contributed by atoms with Crippen molar-refractivity contribution >= 4 is 11.6 Å². The standard InChI is InChI=1S/C16H20ClN3/c1-2-20-11-13(9-19-20)15-7-8-18-10-16(15)12-3-5-14(17)6-4-12/h3-6,9,11,15-16,18H,2,7-8,10H2,1H3. The van der Waals surface area contributed by atoms with E-state index in [1.165, 1.54) is 11.1 Å². The molecule has 20 heavy (non-hydrogen) atoms. The van der Waals surface area contributed by atoms with Crippen molar-refractivity contribution in [2.24, 2.45) is 0 Å². The molecule has 2 aromatic rings. The number of aromatic nitrogens is 2. The second kappa shape index (κ2) is 5.98. The molecular formula is C16H20ClN3. The fraction of sp³-hybridized carbons (Fsp3) is 0.438. The molecular weight excluding hydrogens is 270 g/mol. The van der Waals surface area contributed by atoms with E-state index in [1.54, 1.807) is 0 Å². The monoisotopic (exact) mass is 289 g/mol. The molecule has 0 amide bonds. The summed E-state index contributed by atoms with van der Waals surface area (Å²) in [6, 6.07) is 8.27. The van der Waals surface area contributed by atoms with Crippen molar-refractivity contribution in [3.8, 4) is 0 Å². The molecule has 1 aromatic heterocycles. The molecule has 4 heteroatoms. The van der Waals surface area contributed by atoms with E-state index in [9.17, 15) is 0 Å². The average molecular weight is 290 g/mol. The first-order valence-electron chi connectivity index (χ1n) is 7.26. The summed E-state index contributed by atoms with van der Waals surface area (Å²) in [5.41, 5.74) is 2.71. The summed E-state index contributed by atoms with van der Waals surface area (Å²) in [4.78, 5) is 0. The minimum atomic E-state index is 0.496. The number of hydrogen-bond acceptors (Lipinski definition) is 2. The van der Waals surface area contributed by atoms with Gasteiger partial charge in [0.2, 0.25) is 0 Å². The van der Waals surface area contributed by atoms with Gasteiger partial charge in [-0.3, -0.25) is 4.68 Å². The van der Waals surface area contributed by atoms with Gasteiger partial charge in [0.1, 0.15) is 0 Å². The Bertz CT molecular complexity index is 561. The van der Waals surface area contributed by atoms with Gasteiger partial charge >= 0.3 is 0 Å². The third kappa shape index (κ3) is 2.74. The largest absolute Gasteiger partial charge is 0.316 e. The number of piperidine rings is 1. The van der Waals surface area contributed by atoms with Crippen molar-refractivity contribution in [3.63, 3.8) is 0 Å². The van der Waals surface area contributed by atoms with Gasteiger partial charge in [0.05, 0.1) is 6.20 Å². The first kappa shape index (κ1) is 13.7. The normalized spacial score (nSPS) is 22.9. The van der Waals surface area contributed by atoms with Crippen LogP contribution in [0.1, 0.15) is 36.3 Å². The molecule has 1 aliphatic heterocycles. The Morgan fingerprint density at radius 3 is 2.75 bits per heavy atom. The van der Waals surface area contributed by atoms with Gasteiger partial charge in [-0.1, -0.05) is 23.7 Å². The first-order valence-corrected chi connectivity index (χ1v) is 7.64. The van der Waals surface area contributed by atoms with Crippen LogP contribution in [0, 0.1) is 0 Å². The minimum Gasteiger partial charge on any atom is -0.316 e. The van der Waals surface area contributed by atoms with Crippen molar-refractivity contribution in [2.45, 2.75) is 31.7 Å². The highest BCUT2D eigenvalue weighted by Crippen LogP contribution is 2.37. The Kier molecular flexibility index (Phi) is 4.08. The van der Waals surface area contributed by atoms with Crippen LogP contribution in [0.15, 0.2) is 36.7 Å². The van der Waals surface area contributed by atoms with Crippen LogP contribution in [-0.2, 0) is 6.54 Å². The zero-order valence-electron chi connectivity index (χ0n) is 11.7. The highest BCUT2D eigenvalue weighted by molar-refractivity contribution is 6.30. The van der Waals surface area contributed by atoms with Crippen molar-refractivity contribution in [2.75, 3.05) is 13.1 Å². The molecule has 0 saturated carbocycles. The molecule has 106 valence electrons. The second-order valence-electron chi connectivity index (χ2n) is 5.39. The van der Waals surface area contributed by atoms with E-state index in [-0.39, 0.29) is 0 Å². The summed E-state index contributed by atoms with van der Waals surface area (Å²) >= 11 is 6.00. The quantitative estimate of drug-likeness (QED) is 0.938. The Labute approximate surface area is 124 Å². The SMILES string of the molecule is CCn1cc(C2CCNCC2c2ccc(Cl)cc2)cn1. The molecule has 3 rings (SSSR count). The molecule has 1 fully saturated rings. The molecule has 1 aromatic carbocycles. The maximum absolute atomic E-state index is 6.00. The minimum absolute atomic E-state index is 0.496. The third-order valence-corrected chi connectivity index (χ3v) is 4.44. The van der Waals surface area contributed by atoms with E-state index in [4.69, 9.17) is 11.6 Å². The van der Waals surface area contributed by atoms with Crippen molar-refractivity contribution in [1.82, 2.24) is 15.1 Å². The topological polar surface area (TPSA) is 29.9 Å². The van der Waals surface area contributed by atoms with Gasteiger partial charge in [-0.15, -0.1) is 0 Å². The maximum atomic E-state index is 6.00. The third-order valence-electron chi connectivity index (χ3n) is 4.19. The van der Waals surface area contributed by atoms with Crippen LogP contribution >= 0.6 is 11.6 Å². The van der Waals surface area contributed by atoms with Crippen molar-refractivity contribution < 1.29 is 0 Å². The predicted molar refractivity (Wildman–Crippen MR) is 82.3 cm³/mol. The summed E-state index contributed by atoms with van der Waals surface area (Å²) in [5.74, 6) is 1.04. The van der Waals surface area contributed by atoms with Crippen molar-refractivity contribution in [1.29, 1.82) is 0 Å². The van der Waals surface area contributed by atoms with Gasteiger partial charge in [0.25, 0.3) is 0 Å². The zero-order valence-corrected chi connectivity index (χ0v) is 12.5. The smallest absolute Gasteiger partial charge is 0.0524 e. The number of rotatable bonds is 3. The van der Waals surface area contributed by atoms with Crippen LogP contribution in [0.4, 0.5) is 0 Å². The van der Waals surface area contributed by atoms with Crippen LogP contribution in [0.5, 0.6) is 0 Å². The maximum Gasteiger partial charge on any atom is 0.0524 e. The van der Waals surface area contributed by atoms with Gasteiger partial charge in [0.15, 0.2) is 0 Å². The number of benzene rings is 1. The summed E-state index contributed by atoms with van der Waals surface area (Å²) in [5, 5.41) is 8.73. The molecule has 0 aliphatic carbocycles. The molecule has 1 aliphatic rings. The van der Waals surface area contributed by atoms with Crippen LogP contribution in [0.3, 0.4) is 0 Å². The van der Waals surface area contributed by atoms with Gasteiger partial charge in [0, 0.05) is 30.2 Å². The molecule has 0 bridgehead atoms. The van der Waals surface area contributed by atoms with Crippen molar-refractivity contribution in [3.05, 3.63) is 52.8 Å². The first-order chi connectivity index (χ1) is 9.78. The number of nitrogens with one attached hydrogen (secondary N) is 1. The molecule has 2 heterocycles. The summed E-state index contributed by atoms with van der Waals surface area (Å²) in [6.45, 7) is 5.14. The number of nitrogens with zero attached hydrogens (tertiary/aromatic N) is 2. The fourth-order valence-corrected chi connectivity index (χ4v) is 3.19. The van der Waals surface area contributed by atoms with Gasteiger partial charge < -0.3 is 5.32 Å². The van der Waals surface area contributed by atoms with E-state index in [2.05, 4.69) is 35.7 Å². The van der Waals surface area contributed by atoms with Crippen LogP contribution in [0.25, 0.3) is 0 Å². The number of aryl methyl sites for hydroxylation is 1. The molecule has 3 nitrogen and oxygen atoms in total. The number of halogens is 1. The molecule has 2 atom stereocenters. The Hall–Kier alpha value is -1.32. The highest BCUT2D eigenvalue weighted by Gasteiger charge is 2.28. The summed E-state index contributed by atoms with van der Waals surface area (Å²) in [6.07, 6.45) is 5.38. The van der Waals surface area contributed by atoms with E-state index >= 15 is 0 Å². The molecule has 1 saturated heterocycles. The average Bonchev–Trinajstić information content (AvgIpc) is 2.97. The lowest BCUT2D eigenvalue weighted by Gasteiger charge is -2.32. The van der Waals surface area contributed by atoms with Crippen LogP contribution < -0.4 is 5.32 Å². The Morgan fingerprint density at radius 2 is 2.05 bits per heavy atom. The highest BCUT2D eigenvalue weighted by atomic mass is 35.5. The molecule has 2 unspecified atom stereocenters. The second-order valence-corrected chi connectivity index (χ2v) is 5.82. The molecule has 0 spiro atoms. The Balaban J connectivity index is 1.88. The summed E-state index contributed by atoms with van der Waals surface area (Å²) < 4.78 is 2.01. The summed E-state index contributed by atoms with van der Waals surface area (Å²) in [7, 11) is 0. The lowest BCUT2D eigenvalue weighted by atomic mass is 9.78. The fourth-order valence-electron chi connectivity index (χ4n) is 3.06. The van der Waals surface area contributed by atoms with Crippen LogP contribution in [-0.4, -0.2) is 22.9 Å². The lowest BCUT2D eigenvalue weighted by Crippen LogP contribution is -2.33. The molecule has 0 radical (unpaired) electrons. The molecule has 1 N–H and O–H groups in total. The van der Waals surface area contributed by atoms with Gasteiger partial charge in [-0.2, -0.15) is 5.10 Å². The van der Waals surface area contributed by atoms with Gasteiger partial charge in [-0.05, 0) is 49.1 Å². The zero-order chi connectivity index (χ0) is 13.9. The van der Waals surface area contributed by atoms with E-state index in [0.717, 1.165) is 31.1 Å². The number of hydrogen-bond donors (Lipinski definition) is 1.